The molecule has 2 heterocycles. The standard InChI is InChI=1S/C18H13ClF3N5O/c1-10-2-11(4-13(3-10)18(20,21)22)17-25-9-27(26-17)8-15(16(23)28)12-5-14(19)7-24-6-12/h2-9H,1H3,(H2,23,28)/b15-8+. The lowest BCUT2D eigenvalue weighted by atomic mass is 10.1. The van der Waals surface area contributed by atoms with Gasteiger partial charge in [0, 0.05) is 29.7 Å². The van der Waals surface area contributed by atoms with Crippen molar-refractivity contribution in [1.82, 2.24) is 19.7 Å². The summed E-state index contributed by atoms with van der Waals surface area (Å²) >= 11 is 5.88. The minimum atomic E-state index is -4.48. The van der Waals surface area contributed by atoms with Gasteiger partial charge in [-0.2, -0.15) is 13.2 Å². The second-order valence-corrected chi connectivity index (χ2v) is 6.37. The van der Waals surface area contributed by atoms with Gasteiger partial charge in [0.1, 0.15) is 6.33 Å². The molecule has 1 amide bonds. The monoisotopic (exact) mass is 407 g/mol. The zero-order chi connectivity index (χ0) is 20.5. The number of carbonyl (C=O) groups excluding carboxylic acids is 1. The first kappa shape index (κ1) is 19.6. The molecule has 2 aromatic heterocycles. The van der Waals surface area contributed by atoms with Gasteiger partial charge in [0.2, 0.25) is 0 Å². The van der Waals surface area contributed by atoms with Crippen molar-refractivity contribution in [2.75, 3.05) is 0 Å². The fourth-order valence-electron chi connectivity index (χ4n) is 2.52. The molecule has 3 aromatic rings. The number of nitrogens with two attached hydrogens (primary N) is 1. The van der Waals surface area contributed by atoms with Crippen LogP contribution < -0.4 is 5.73 Å². The predicted octanol–water partition coefficient (Wildman–Crippen LogP) is 3.80. The quantitative estimate of drug-likeness (QED) is 0.666. The van der Waals surface area contributed by atoms with Crippen LogP contribution in [0, 0.1) is 6.92 Å². The number of amides is 1. The Hall–Kier alpha value is -3.20. The molecule has 0 aliphatic heterocycles. The Bertz CT molecular complexity index is 1080. The highest BCUT2D eigenvalue weighted by molar-refractivity contribution is 6.31. The number of aryl methyl sites for hydroxylation is 1. The molecule has 0 aliphatic carbocycles. The van der Waals surface area contributed by atoms with Crippen molar-refractivity contribution >= 4 is 29.3 Å². The van der Waals surface area contributed by atoms with Crippen LogP contribution in [-0.4, -0.2) is 25.7 Å². The van der Waals surface area contributed by atoms with E-state index in [0.29, 0.717) is 16.1 Å². The first-order valence-corrected chi connectivity index (χ1v) is 8.24. The number of alkyl halides is 3. The van der Waals surface area contributed by atoms with Crippen LogP contribution in [0.2, 0.25) is 5.02 Å². The van der Waals surface area contributed by atoms with Gasteiger partial charge < -0.3 is 5.73 Å². The van der Waals surface area contributed by atoms with E-state index in [9.17, 15) is 18.0 Å². The molecule has 3 rings (SSSR count). The summed E-state index contributed by atoms with van der Waals surface area (Å²) in [5.41, 5.74) is 5.66. The van der Waals surface area contributed by atoms with E-state index < -0.39 is 17.6 Å². The lowest BCUT2D eigenvalue weighted by Crippen LogP contribution is -2.14. The fourth-order valence-corrected chi connectivity index (χ4v) is 2.69. The molecule has 0 fully saturated rings. The Balaban J connectivity index is 2.01. The van der Waals surface area contributed by atoms with Gasteiger partial charge in [-0.05, 0) is 36.8 Å². The Morgan fingerprint density at radius 2 is 1.96 bits per heavy atom. The third kappa shape index (κ3) is 4.37. The molecule has 0 bridgehead atoms. The van der Waals surface area contributed by atoms with E-state index in [1.165, 1.54) is 41.7 Å². The number of carbonyl (C=O) groups is 1. The van der Waals surface area contributed by atoms with Gasteiger partial charge in [-0.1, -0.05) is 11.6 Å². The summed E-state index contributed by atoms with van der Waals surface area (Å²) in [7, 11) is 0. The van der Waals surface area contributed by atoms with Gasteiger partial charge in [-0.15, -0.1) is 5.10 Å². The molecule has 0 spiro atoms. The van der Waals surface area contributed by atoms with E-state index in [-0.39, 0.29) is 17.0 Å². The number of pyridine rings is 1. The van der Waals surface area contributed by atoms with Crippen LogP contribution >= 0.6 is 11.6 Å². The summed E-state index contributed by atoms with van der Waals surface area (Å²) in [6.07, 6.45) is 0.865. The van der Waals surface area contributed by atoms with Crippen molar-refractivity contribution in [3.05, 3.63) is 64.7 Å². The number of aromatic nitrogens is 4. The summed E-state index contributed by atoms with van der Waals surface area (Å²) in [6.45, 7) is 1.55. The number of rotatable bonds is 4. The topological polar surface area (TPSA) is 86.7 Å². The van der Waals surface area contributed by atoms with Gasteiger partial charge in [0.25, 0.3) is 5.91 Å². The number of hydrogen-bond donors (Lipinski definition) is 1. The van der Waals surface area contributed by atoms with Crippen molar-refractivity contribution in [2.45, 2.75) is 13.1 Å². The Kier molecular flexibility index (Phi) is 5.19. The van der Waals surface area contributed by atoms with Crippen molar-refractivity contribution < 1.29 is 18.0 Å². The van der Waals surface area contributed by atoms with Gasteiger partial charge in [0.05, 0.1) is 16.2 Å². The lowest BCUT2D eigenvalue weighted by Gasteiger charge is -2.09. The normalized spacial score (nSPS) is 12.2. The molecule has 0 atom stereocenters. The van der Waals surface area contributed by atoms with Crippen LogP contribution in [0.4, 0.5) is 13.2 Å². The molecule has 28 heavy (non-hydrogen) atoms. The maximum Gasteiger partial charge on any atom is 0.416 e. The van der Waals surface area contributed by atoms with Crippen LogP contribution in [0.5, 0.6) is 0 Å². The smallest absolute Gasteiger partial charge is 0.366 e. The van der Waals surface area contributed by atoms with Crippen LogP contribution in [0.25, 0.3) is 23.2 Å². The van der Waals surface area contributed by atoms with Crippen molar-refractivity contribution in [3.63, 3.8) is 0 Å². The number of hydrogen-bond acceptors (Lipinski definition) is 4. The maximum absolute atomic E-state index is 13.0. The highest BCUT2D eigenvalue weighted by atomic mass is 35.5. The second kappa shape index (κ2) is 7.43. The Labute approximate surface area is 162 Å². The SMILES string of the molecule is Cc1cc(-c2ncn(/C=C(/C(N)=O)c3cncc(Cl)c3)n2)cc(C(F)(F)F)c1. The van der Waals surface area contributed by atoms with E-state index >= 15 is 0 Å². The number of halogens is 4. The van der Waals surface area contributed by atoms with Gasteiger partial charge in [-0.25, -0.2) is 9.67 Å². The fraction of sp³-hybridized carbons (Fsp3) is 0.111. The maximum atomic E-state index is 13.0. The molecular formula is C18H13ClF3N5O. The molecular weight excluding hydrogens is 395 g/mol. The van der Waals surface area contributed by atoms with Crippen molar-refractivity contribution in [2.24, 2.45) is 5.73 Å². The number of primary amides is 1. The van der Waals surface area contributed by atoms with E-state index in [2.05, 4.69) is 15.1 Å². The lowest BCUT2D eigenvalue weighted by molar-refractivity contribution is -0.137. The van der Waals surface area contributed by atoms with Crippen LogP contribution in [0.15, 0.2) is 43.0 Å². The summed E-state index contributed by atoms with van der Waals surface area (Å²) < 4.78 is 40.3. The molecule has 144 valence electrons. The molecule has 2 N–H and O–H groups in total. The van der Waals surface area contributed by atoms with Crippen molar-refractivity contribution in [1.29, 1.82) is 0 Å². The molecule has 0 unspecified atom stereocenters. The highest BCUT2D eigenvalue weighted by Crippen LogP contribution is 2.32. The summed E-state index contributed by atoms with van der Waals surface area (Å²) in [6, 6.07) is 5.04. The summed E-state index contributed by atoms with van der Waals surface area (Å²) in [5.74, 6) is -0.686. The Morgan fingerprint density at radius 1 is 1.21 bits per heavy atom. The summed E-state index contributed by atoms with van der Waals surface area (Å²) in [4.78, 5) is 19.7. The number of benzene rings is 1. The van der Waals surface area contributed by atoms with Crippen LogP contribution in [0.3, 0.4) is 0 Å². The molecule has 1 aromatic carbocycles. The highest BCUT2D eigenvalue weighted by Gasteiger charge is 2.31. The van der Waals surface area contributed by atoms with Crippen molar-refractivity contribution in [3.8, 4) is 11.4 Å². The molecule has 6 nitrogen and oxygen atoms in total. The zero-order valence-corrected chi connectivity index (χ0v) is 15.2. The van der Waals surface area contributed by atoms with Crippen LogP contribution in [0.1, 0.15) is 16.7 Å². The minimum absolute atomic E-state index is 0.0617. The van der Waals surface area contributed by atoms with Gasteiger partial charge in [0.15, 0.2) is 5.82 Å². The first-order valence-electron chi connectivity index (χ1n) is 7.86. The molecule has 0 radical (unpaired) electrons. The molecule has 10 heteroatoms. The van der Waals surface area contributed by atoms with Crippen LogP contribution in [-0.2, 0) is 11.0 Å². The second-order valence-electron chi connectivity index (χ2n) is 5.93. The molecule has 0 saturated heterocycles. The largest absolute Gasteiger partial charge is 0.416 e. The predicted molar refractivity (Wildman–Crippen MR) is 97.8 cm³/mol. The van der Waals surface area contributed by atoms with E-state index in [1.807, 2.05) is 0 Å². The number of nitrogens with zero attached hydrogens (tertiary/aromatic N) is 4. The zero-order valence-electron chi connectivity index (χ0n) is 14.4. The van der Waals surface area contributed by atoms with E-state index in [4.69, 9.17) is 17.3 Å². The molecule has 0 aliphatic rings. The average Bonchev–Trinajstić information content (AvgIpc) is 3.07. The van der Waals surface area contributed by atoms with Gasteiger partial charge in [-0.3, -0.25) is 9.78 Å². The third-order valence-corrected chi connectivity index (χ3v) is 3.92. The molecule has 0 saturated carbocycles. The summed E-state index contributed by atoms with van der Waals surface area (Å²) in [5, 5.41) is 4.42. The van der Waals surface area contributed by atoms with E-state index in [0.717, 1.165) is 12.1 Å². The van der Waals surface area contributed by atoms with E-state index in [1.54, 1.807) is 6.92 Å². The first-order chi connectivity index (χ1) is 13.1. The Morgan fingerprint density at radius 3 is 2.61 bits per heavy atom. The minimum Gasteiger partial charge on any atom is -0.366 e. The average molecular weight is 408 g/mol. The third-order valence-electron chi connectivity index (χ3n) is 3.71. The van der Waals surface area contributed by atoms with Gasteiger partial charge >= 0.3 is 6.18 Å².